The van der Waals surface area contributed by atoms with Crippen molar-refractivity contribution in [3.63, 3.8) is 0 Å². The van der Waals surface area contributed by atoms with E-state index in [1.165, 1.54) is 12.0 Å². The first-order chi connectivity index (χ1) is 5.56. The topological polar surface area (TPSA) is 20.2 Å². The second-order valence-corrected chi connectivity index (χ2v) is 4.09. The molecule has 0 rings (SSSR count). The van der Waals surface area contributed by atoms with Gasteiger partial charge in [-0.3, -0.25) is 0 Å². The maximum atomic E-state index is 8.81. The molecule has 0 aliphatic heterocycles. The first-order valence-corrected chi connectivity index (χ1v) is 4.82. The highest BCUT2D eigenvalue weighted by Gasteiger charge is 2.03. The van der Waals surface area contributed by atoms with Gasteiger partial charge in [0.2, 0.25) is 0 Å². The van der Waals surface area contributed by atoms with E-state index in [2.05, 4.69) is 33.8 Å². The molecule has 0 spiro atoms. The molecule has 0 bridgehead atoms. The van der Waals surface area contributed by atoms with Crippen LogP contribution in [0.5, 0.6) is 0 Å². The Kier molecular flexibility index (Phi) is 6.09. The lowest BCUT2D eigenvalue weighted by Crippen LogP contribution is -2.02. The van der Waals surface area contributed by atoms with Gasteiger partial charge in [-0.1, -0.05) is 25.5 Å². The molecule has 0 fully saturated rings. The van der Waals surface area contributed by atoms with Crippen LogP contribution in [0.3, 0.4) is 0 Å². The van der Waals surface area contributed by atoms with E-state index >= 15 is 0 Å². The lowest BCUT2D eigenvalue weighted by Gasteiger charge is -2.10. The normalized spacial score (nSPS) is 15.4. The maximum absolute atomic E-state index is 8.81. The summed E-state index contributed by atoms with van der Waals surface area (Å²) in [6.45, 7) is 8.91. The molecule has 0 aliphatic carbocycles. The van der Waals surface area contributed by atoms with E-state index in [0.29, 0.717) is 18.4 Å². The third kappa shape index (κ3) is 6.41. The van der Waals surface area contributed by atoms with Crippen molar-refractivity contribution in [3.8, 4) is 0 Å². The van der Waals surface area contributed by atoms with E-state index in [-0.39, 0.29) is 0 Å². The van der Waals surface area contributed by atoms with Gasteiger partial charge in [0, 0.05) is 6.61 Å². The Hall–Kier alpha value is -0.300. The number of hydrogen-bond donors (Lipinski definition) is 1. The molecular formula is C11H22O. The van der Waals surface area contributed by atoms with Crippen LogP contribution in [-0.4, -0.2) is 11.7 Å². The summed E-state index contributed by atoms with van der Waals surface area (Å²) < 4.78 is 0. The number of hydrogen-bond acceptors (Lipinski definition) is 1. The predicted octanol–water partition coefficient (Wildman–Crippen LogP) is 3.00. The molecule has 0 aromatic rings. The number of rotatable bonds is 5. The molecule has 72 valence electrons. The van der Waals surface area contributed by atoms with Crippen LogP contribution in [0, 0.1) is 11.8 Å². The van der Waals surface area contributed by atoms with Gasteiger partial charge >= 0.3 is 0 Å². The predicted molar refractivity (Wildman–Crippen MR) is 54.1 cm³/mol. The third-order valence-electron chi connectivity index (χ3n) is 2.04. The van der Waals surface area contributed by atoms with Crippen molar-refractivity contribution < 1.29 is 5.11 Å². The van der Waals surface area contributed by atoms with Crippen molar-refractivity contribution in [2.45, 2.75) is 40.5 Å². The molecule has 1 heteroatoms. The highest BCUT2D eigenvalue weighted by molar-refractivity contribution is 4.95. The first kappa shape index (κ1) is 11.7. The van der Waals surface area contributed by atoms with E-state index in [1.807, 2.05) is 0 Å². The van der Waals surface area contributed by atoms with Gasteiger partial charge in [0.1, 0.15) is 0 Å². The monoisotopic (exact) mass is 170 g/mol. The van der Waals surface area contributed by atoms with Crippen LogP contribution in [0.15, 0.2) is 11.6 Å². The Labute approximate surface area is 76.5 Å². The van der Waals surface area contributed by atoms with Crippen LogP contribution in [0.25, 0.3) is 0 Å². The molecule has 0 saturated heterocycles. The Morgan fingerprint density at radius 1 is 1.25 bits per heavy atom. The minimum Gasteiger partial charge on any atom is -0.396 e. The molecule has 0 aliphatic rings. The van der Waals surface area contributed by atoms with Crippen LogP contribution in [0.1, 0.15) is 40.5 Å². The van der Waals surface area contributed by atoms with E-state index in [1.54, 1.807) is 0 Å². The summed E-state index contributed by atoms with van der Waals surface area (Å²) in [5, 5.41) is 8.81. The second-order valence-electron chi connectivity index (χ2n) is 4.09. The minimum atomic E-state index is 0.321. The number of aliphatic hydroxyl groups excluding tert-OH is 1. The maximum Gasteiger partial charge on any atom is 0.0456 e. The second kappa shape index (κ2) is 6.24. The van der Waals surface area contributed by atoms with Gasteiger partial charge in [-0.05, 0) is 38.5 Å². The summed E-state index contributed by atoms with van der Waals surface area (Å²) in [5.41, 5.74) is 1.39. The number of allylic oxidation sites excluding steroid dienone is 2. The van der Waals surface area contributed by atoms with Gasteiger partial charge in [0.05, 0.1) is 0 Å². The van der Waals surface area contributed by atoms with Crippen LogP contribution >= 0.6 is 0 Å². The summed E-state index contributed by atoms with van der Waals surface area (Å²) in [7, 11) is 0. The van der Waals surface area contributed by atoms with Gasteiger partial charge in [-0.15, -0.1) is 0 Å². The average molecular weight is 170 g/mol. The SMILES string of the molecule is CC(C)=CC(C)CCC(C)CO. The van der Waals surface area contributed by atoms with Gasteiger partial charge in [0.15, 0.2) is 0 Å². The van der Waals surface area contributed by atoms with Crippen LogP contribution in [0.4, 0.5) is 0 Å². The minimum absolute atomic E-state index is 0.321. The van der Waals surface area contributed by atoms with Crippen molar-refractivity contribution in [2.75, 3.05) is 6.61 Å². The molecule has 0 aromatic carbocycles. The van der Waals surface area contributed by atoms with Crippen LogP contribution < -0.4 is 0 Å². The molecule has 1 nitrogen and oxygen atoms in total. The molecule has 12 heavy (non-hydrogen) atoms. The molecular weight excluding hydrogens is 148 g/mol. The quantitative estimate of drug-likeness (QED) is 0.629. The zero-order valence-electron chi connectivity index (χ0n) is 8.80. The fourth-order valence-corrected chi connectivity index (χ4v) is 1.29. The first-order valence-electron chi connectivity index (χ1n) is 4.82. The molecule has 0 radical (unpaired) electrons. The largest absolute Gasteiger partial charge is 0.396 e. The lowest BCUT2D eigenvalue weighted by molar-refractivity contribution is 0.225. The van der Waals surface area contributed by atoms with Gasteiger partial charge in [-0.25, -0.2) is 0 Å². The Balaban J connectivity index is 3.57. The Morgan fingerprint density at radius 3 is 2.25 bits per heavy atom. The lowest BCUT2D eigenvalue weighted by atomic mass is 9.97. The van der Waals surface area contributed by atoms with E-state index in [4.69, 9.17) is 5.11 Å². The molecule has 0 aromatic heterocycles. The molecule has 0 amide bonds. The van der Waals surface area contributed by atoms with Gasteiger partial charge in [-0.2, -0.15) is 0 Å². The molecule has 2 atom stereocenters. The average Bonchev–Trinajstić information content (AvgIpc) is 1.99. The Bertz CT molecular complexity index is 134. The summed E-state index contributed by atoms with van der Waals surface area (Å²) in [4.78, 5) is 0. The van der Waals surface area contributed by atoms with E-state index in [0.717, 1.165) is 6.42 Å². The zero-order chi connectivity index (χ0) is 9.56. The smallest absolute Gasteiger partial charge is 0.0456 e. The molecule has 1 N–H and O–H groups in total. The van der Waals surface area contributed by atoms with Crippen molar-refractivity contribution in [2.24, 2.45) is 11.8 Å². The van der Waals surface area contributed by atoms with Crippen LogP contribution in [-0.2, 0) is 0 Å². The summed E-state index contributed by atoms with van der Waals surface area (Å²) >= 11 is 0. The molecule has 2 unspecified atom stereocenters. The van der Waals surface area contributed by atoms with Gasteiger partial charge < -0.3 is 5.11 Å². The summed E-state index contributed by atoms with van der Waals surface area (Å²) in [6, 6.07) is 0. The summed E-state index contributed by atoms with van der Waals surface area (Å²) in [5.74, 6) is 1.11. The highest BCUT2D eigenvalue weighted by atomic mass is 16.3. The Morgan fingerprint density at radius 2 is 1.83 bits per heavy atom. The fourth-order valence-electron chi connectivity index (χ4n) is 1.29. The molecule has 0 heterocycles. The standard InChI is InChI=1S/C11H22O/c1-9(2)7-10(3)5-6-11(4)8-12/h7,10-12H,5-6,8H2,1-4H3. The van der Waals surface area contributed by atoms with E-state index in [9.17, 15) is 0 Å². The van der Waals surface area contributed by atoms with Crippen molar-refractivity contribution in [1.29, 1.82) is 0 Å². The molecule has 0 saturated carbocycles. The van der Waals surface area contributed by atoms with Gasteiger partial charge in [0.25, 0.3) is 0 Å². The van der Waals surface area contributed by atoms with Crippen LogP contribution in [0.2, 0.25) is 0 Å². The fraction of sp³-hybridized carbons (Fsp3) is 0.818. The summed E-state index contributed by atoms with van der Waals surface area (Å²) in [6.07, 6.45) is 4.61. The van der Waals surface area contributed by atoms with Crippen molar-refractivity contribution in [3.05, 3.63) is 11.6 Å². The van der Waals surface area contributed by atoms with E-state index < -0.39 is 0 Å². The van der Waals surface area contributed by atoms with Crippen molar-refractivity contribution >= 4 is 0 Å². The van der Waals surface area contributed by atoms with Crippen molar-refractivity contribution in [1.82, 2.24) is 0 Å². The third-order valence-corrected chi connectivity index (χ3v) is 2.04. The number of aliphatic hydroxyl groups is 1. The highest BCUT2D eigenvalue weighted by Crippen LogP contribution is 2.14. The zero-order valence-corrected chi connectivity index (χ0v) is 8.80.